The second-order valence-electron chi connectivity index (χ2n) is 44.6. The molecule has 4 aliphatic heterocycles. The first-order valence-electron chi connectivity index (χ1n) is 52.8. The molecule has 0 aromatic heterocycles. The van der Waals surface area contributed by atoms with E-state index in [4.69, 9.17) is 56.8 Å². The van der Waals surface area contributed by atoms with Crippen LogP contribution in [0.5, 0.6) is 0 Å². The van der Waals surface area contributed by atoms with Gasteiger partial charge < -0.3 is 62.2 Å². The number of nitrogens with one attached hydrogen (secondary N) is 1. The molecule has 7 fully saturated rings. The van der Waals surface area contributed by atoms with Gasteiger partial charge in [-0.25, -0.2) is 0 Å². The maximum absolute atomic E-state index is 11.6. The molecule has 3 unspecified atom stereocenters. The lowest BCUT2D eigenvalue weighted by molar-refractivity contribution is -0.152. The summed E-state index contributed by atoms with van der Waals surface area (Å²) < 4.78 is 65.1. The molecule has 3 atom stereocenters. The normalized spacial score (nSPS) is 19.5. The second kappa shape index (κ2) is 73.4. The van der Waals surface area contributed by atoms with Crippen molar-refractivity contribution < 1.29 is 100.0 Å². The number of esters is 9. The predicted molar refractivity (Wildman–Crippen MR) is 603 cm³/mol. The smallest absolute Gasteiger partial charge is 0.308 e. The molecular formula is C109H205NO21S9. The predicted octanol–water partition coefficient (Wildman–Crippen LogP) is 26.6. The molecule has 31 heteroatoms. The van der Waals surface area contributed by atoms with Gasteiger partial charge >= 0.3 is 53.7 Å². The maximum atomic E-state index is 11.6. The molecule has 7 rings (SSSR count). The molecule has 4 heterocycles. The van der Waals surface area contributed by atoms with Crippen LogP contribution >= 0.6 is 106 Å². The average molecular weight is 2150 g/mol. The lowest BCUT2D eigenvalue weighted by Gasteiger charge is -2.41. The van der Waals surface area contributed by atoms with Crippen LogP contribution in [0.4, 0.5) is 0 Å². The third-order valence-electron chi connectivity index (χ3n) is 22.2. The van der Waals surface area contributed by atoms with Crippen molar-refractivity contribution in [3.63, 3.8) is 0 Å². The molecule has 0 aromatic rings. The number of ether oxygens (including phenoxy) is 12. The van der Waals surface area contributed by atoms with Crippen LogP contribution in [0.15, 0.2) is 0 Å². The van der Waals surface area contributed by atoms with E-state index in [1.54, 1.807) is 0 Å². The van der Waals surface area contributed by atoms with Gasteiger partial charge in [-0.1, -0.05) is 288 Å². The van der Waals surface area contributed by atoms with E-state index < -0.39 is 0 Å². The van der Waals surface area contributed by atoms with E-state index in [1.807, 2.05) is 230 Å². The number of carbonyl (C=O) groups is 9. The minimum Gasteiger partial charge on any atom is -0.464 e. The Hall–Kier alpha value is -1.78. The fourth-order valence-electron chi connectivity index (χ4n) is 15.3. The third-order valence-corrected chi connectivity index (χ3v) is 34.8. The van der Waals surface area contributed by atoms with Gasteiger partial charge in [-0.05, 0) is 145 Å². The highest BCUT2D eigenvalue weighted by atomic mass is 32.2. The lowest BCUT2D eigenvalue weighted by Crippen LogP contribution is -2.51. The van der Waals surface area contributed by atoms with Crippen molar-refractivity contribution in [3.05, 3.63) is 0 Å². The van der Waals surface area contributed by atoms with E-state index in [0.29, 0.717) is 132 Å². The van der Waals surface area contributed by atoms with Crippen LogP contribution in [0.3, 0.4) is 0 Å². The molecule has 3 saturated carbocycles. The molecule has 7 aliphatic rings. The molecule has 0 amide bonds. The van der Waals surface area contributed by atoms with Crippen molar-refractivity contribution in [2.75, 3.05) is 112 Å². The van der Waals surface area contributed by atoms with Crippen LogP contribution in [-0.4, -0.2) is 256 Å². The Kier molecular flexibility index (Phi) is 73.6. The maximum Gasteiger partial charge on any atom is 0.308 e. The van der Waals surface area contributed by atoms with Gasteiger partial charge in [-0.3, -0.25) is 43.2 Å². The molecule has 4 saturated heterocycles. The van der Waals surface area contributed by atoms with Crippen LogP contribution in [0.2, 0.25) is 0 Å². The first kappa shape index (κ1) is 140. The van der Waals surface area contributed by atoms with Gasteiger partial charge in [-0.15, -0.1) is 94.1 Å². The fourth-order valence-corrected chi connectivity index (χ4v) is 28.8. The Morgan fingerprint density at radius 1 is 0.257 bits per heavy atom. The summed E-state index contributed by atoms with van der Waals surface area (Å²) in [6, 6.07) is 0. The Labute approximate surface area is 893 Å². The van der Waals surface area contributed by atoms with Gasteiger partial charge in [0.1, 0.15) is 59.5 Å². The number of rotatable bonds is 45. The highest BCUT2D eigenvalue weighted by Gasteiger charge is 2.45. The lowest BCUT2D eigenvalue weighted by atomic mass is 9.85. The highest BCUT2D eigenvalue weighted by Crippen LogP contribution is 2.48. The highest BCUT2D eigenvalue weighted by molar-refractivity contribution is 8.03. The van der Waals surface area contributed by atoms with Gasteiger partial charge in [0, 0.05) is 36.4 Å². The Morgan fingerprint density at radius 3 is 0.779 bits per heavy atom. The minimum absolute atomic E-state index is 0.00817. The summed E-state index contributed by atoms with van der Waals surface area (Å²) in [6.07, 6.45) is 20.0. The fraction of sp³-hybridized carbons (Fsp3) is 0.917. The summed E-state index contributed by atoms with van der Waals surface area (Å²) in [5, 5.41) is 8.89. The minimum atomic E-state index is -0.120. The van der Waals surface area contributed by atoms with Crippen molar-refractivity contribution in [2.24, 2.45) is 53.3 Å². The average Bonchev–Trinajstić information content (AvgIpc) is 0.986. The van der Waals surface area contributed by atoms with Crippen LogP contribution in [-0.2, 0) is 100.0 Å². The van der Waals surface area contributed by atoms with E-state index >= 15 is 0 Å². The largest absolute Gasteiger partial charge is 0.464 e. The second-order valence-corrected chi connectivity index (χ2v) is 63.2. The Bertz CT molecular complexity index is 3120. The van der Waals surface area contributed by atoms with Crippen molar-refractivity contribution in [2.45, 2.75) is 470 Å². The van der Waals surface area contributed by atoms with Gasteiger partial charge in [0.25, 0.3) is 0 Å². The zero-order valence-electron chi connectivity index (χ0n) is 95.3. The van der Waals surface area contributed by atoms with E-state index in [2.05, 4.69) is 151 Å². The quantitative estimate of drug-likeness (QED) is 0.0438. The molecule has 826 valence electrons. The Morgan fingerprint density at radius 2 is 0.514 bits per heavy atom. The molecule has 140 heavy (non-hydrogen) atoms. The topological polar surface area (TPSA) is 276 Å². The van der Waals surface area contributed by atoms with E-state index in [0.717, 1.165) is 65.0 Å². The summed E-state index contributed by atoms with van der Waals surface area (Å²) in [6.45, 7) is 90.5. The summed E-state index contributed by atoms with van der Waals surface area (Å²) in [7, 11) is 0. The molecule has 22 nitrogen and oxygen atoms in total. The summed E-state index contributed by atoms with van der Waals surface area (Å²) >= 11 is 17.2. The standard InChI is InChI=1S/C14H26O2S.2C13H24O3S.C13H24O2S.C12H23NO2S.C12H22O2S.C11H20O3S.C11H22O2S.C10H20O2S/c1-11(2)13(15)16-10-14(17-12(3)4)8-6-5-7-9-14;1-10(2)12(14)16-9-13(17-11(3)4)5-7-15-8-6-13;1-10(2)12(14)16-9-13(17-11(3)4)6-5-7-15-8-13;1-10(2)12(14)15-9-13(16-11(3)4)7-5-6-8-13;1-9(2)11(14)15-8-12(16-10(3)4)5-6-13-7-12;1-9(2)11(13)14-8-12(6-5-7-12)15-10(3)4;1-8(2)10(12)14-7-11(5-13-6-11)15-9(3)4;1-8(2)10(12)13-7-11(5,6)14-9(3)4;1-7(2)10(11)12-6-9(5)13-8(3)4/h11-12H,5-10H2,1-4H3;2*10-11H,5-9H2,1-4H3;10-11H,5-9H2,1-4H3;9-10,13H,5-8H2,1-4H3;9-10H,5-8H2,1-4H3;8-9H,5-7H2,1-4H3;8-9H,7H2,1-6H3;7-9H,6H2,1-5H3. The summed E-state index contributed by atoms with van der Waals surface area (Å²) in [4.78, 5) is 103. The van der Waals surface area contributed by atoms with E-state index in [-0.39, 0.29) is 145 Å². The zero-order chi connectivity index (χ0) is 108. The summed E-state index contributed by atoms with van der Waals surface area (Å²) in [5.41, 5.74) is 0. The molecule has 0 bridgehead atoms. The molecule has 3 aliphatic carbocycles. The first-order chi connectivity index (χ1) is 64.8. The summed E-state index contributed by atoms with van der Waals surface area (Å²) in [5.74, 6) is -1.07. The van der Waals surface area contributed by atoms with E-state index in [9.17, 15) is 43.2 Å². The van der Waals surface area contributed by atoms with E-state index in [1.165, 1.54) is 77.0 Å². The van der Waals surface area contributed by atoms with Crippen LogP contribution in [0, 0.1) is 53.3 Å². The molecule has 0 radical (unpaired) electrons. The SMILES string of the molecule is CC(C)SC(C)(C)COC(=O)C(C)C.CC(C)SC(C)COC(=O)C(C)C.CC(C)SC1(COC(=O)C(C)C)CCC1.CC(C)SC1(COC(=O)C(C)C)CCCC1.CC(C)SC1(COC(=O)C(C)C)CCCCC1.CC(C)SC1(COC(=O)C(C)C)CCCOC1.CC(C)SC1(COC(=O)C(C)C)CCNC1.CC(C)SC1(COC(=O)C(C)C)CCOCC1.CC(C)SC1(COC(=O)C(C)C)COC1. The number of thioether (sulfide) groups is 9. The van der Waals surface area contributed by atoms with Crippen LogP contribution < -0.4 is 5.32 Å². The van der Waals surface area contributed by atoms with Crippen LogP contribution in [0.25, 0.3) is 0 Å². The Balaban J connectivity index is 0. The van der Waals surface area contributed by atoms with Gasteiger partial charge in [-0.2, -0.15) is 11.8 Å². The van der Waals surface area contributed by atoms with Gasteiger partial charge in [0.05, 0.1) is 106 Å². The van der Waals surface area contributed by atoms with Crippen molar-refractivity contribution in [1.82, 2.24) is 5.32 Å². The number of hydrogen-bond donors (Lipinski definition) is 1. The van der Waals surface area contributed by atoms with Crippen molar-refractivity contribution in [3.8, 4) is 0 Å². The third kappa shape index (κ3) is 65.4. The molecule has 0 spiro atoms. The van der Waals surface area contributed by atoms with Crippen LogP contribution in [0.1, 0.15) is 379 Å². The molecule has 1 N–H and O–H groups in total. The number of hydrogen-bond acceptors (Lipinski definition) is 31. The molecular weight excluding hydrogens is 1950 g/mol. The monoisotopic (exact) mass is 2150 g/mol. The molecule has 0 aromatic carbocycles. The first-order valence-corrected chi connectivity index (χ1v) is 60.8. The van der Waals surface area contributed by atoms with Crippen molar-refractivity contribution in [1.29, 1.82) is 0 Å². The van der Waals surface area contributed by atoms with Crippen molar-refractivity contribution >= 4 is 160 Å². The van der Waals surface area contributed by atoms with Gasteiger partial charge in [0.15, 0.2) is 0 Å². The number of carbonyl (C=O) groups excluding carboxylic acids is 9. The van der Waals surface area contributed by atoms with Gasteiger partial charge in [0.2, 0.25) is 0 Å². The zero-order valence-corrected chi connectivity index (χ0v) is 103.